The van der Waals surface area contributed by atoms with Gasteiger partial charge in [0.15, 0.2) is 0 Å². The predicted molar refractivity (Wildman–Crippen MR) is 64.3 cm³/mol. The summed E-state index contributed by atoms with van der Waals surface area (Å²) < 4.78 is 0. The van der Waals surface area contributed by atoms with Crippen molar-refractivity contribution in [1.82, 2.24) is 5.32 Å². The zero-order chi connectivity index (χ0) is 11.8. The average molecular weight is 221 g/mol. The second-order valence-electron chi connectivity index (χ2n) is 3.84. The summed E-state index contributed by atoms with van der Waals surface area (Å²) in [5, 5.41) is 12.2. The largest absolute Gasteiger partial charge is 0.480 e. The fourth-order valence-corrected chi connectivity index (χ4v) is 1.61. The first-order chi connectivity index (χ1) is 7.75. The topological polar surface area (TPSA) is 49.3 Å². The number of nitrogens with one attached hydrogen (secondary N) is 1. The first-order valence-corrected chi connectivity index (χ1v) is 5.77. The Morgan fingerprint density at radius 2 is 2.00 bits per heavy atom. The Labute approximate surface area is 96.5 Å². The lowest BCUT2D eigenvalue weighted by atomic mass is 10.1. The molecule has 0 fully saturated rings. The quantitative estimate of drug-likeness (QED) is 0.696. The van der Waals surface area contributed by atoms with E-state index in [-0.39, 0.29) is 0 Å². The van der Waals surface area contributed by atoms with Crippen molar-refractivity contribution in [3.63, 3.8) is 0 Å². The number of carboxylic acid groups (broad SMARTS) is 1. The van der Waals surface area contributed by atoms with Crippen molar-refractivity contribution >= 4 is 5.97 Å². The SMILES string of the molecule is CCCCCNC(C(=O)O)c1ccccc1. The van der Waals surface area contributed by atoms with Crippen LogP contribution in [-0.2, 0) is 4.79 Å². The number of hydrogen-bond donors (Lipinski definition) is 2. The fourth-order valence-electron chi connectivity index (χ4n) is 1.61. The molecule has 1 aromatic rings. The first kappa shape index (κ1) is 12.7. The Bertz CT molecular complexity index is 311. The average Bonchev–Trinajstić information content (AvgIpc) is 2.30. The zero-order valence-corrected chi connectivity index (χ0v) is 9.65. The molecule has 0 heterocycles. The lowest BCUT2D eigenvalue weighted by Crippen LogP contribution is -2.29. The molecule has 88 valence electrons. The third kappa shape index (κ3) is 4.03. The number of carboxylic acids is 1. The van der Waals surface area contributed by atoms with Crippen LogP contribution in [-0.4, -0.2) is 17.6 Å². The Balaban J connectivity index is 2.52. The Hall–Kier alpha value is -1.35. The molecule has 3 heteroatoms. The molecular formula is C13H19NO2. The molecule has 0 aromatic heterocycles. The van der Waals surface area contributed by atoms with Gasteiger partial charge in [0.25, 0.3) is 0 Å². The molecule has 0 saturated heterocycles. The van der Waals surface area contributed by atoms with Crippen molar-refractivity contribution in [2.24, 2.45) is 0 Å². The van der Waals surface area contributed by atoms with Gasteiger partial charge in [-0.15, -0.1) is 0 Å². The number of aliphatic carboxylic acids is 1. The number of hydrogen-bond acceptors (Lipinski definition) is 2. The van der Waals surface area contributed by atoms with E-state index in [9.17, 15) is 4.79 Å². The van der Waals surface area contributed by atoms with E-state index in [0.29, 0.717) is 0 Å². The van der Waals surface area contributed by atoms with E-state index in [1.165, 1.54) is 0 Å². The van der Waals surface area contributed by atoms with E-state index in [1.54, 1.807) is 0 Å². The van der Waals surface area contributed by atoms with Crippen LogP contribution in [0.25, 0.3) is 0 Å². The van der Waals surface area contributed by atoms with Gasteiger partial charge in [-0.2, -0.15) is 0 Å². The molecule has 16 heavy (non-hydrogen) atoms. The summed E-state index contributed by atoms with van der Waals surface area (Å²) >= 11 is 0. The molecule has 0 aliphatic rings. The van der Waals surface area contributed by atoms with Crippen molar-refractivity contribution in [3.8, 4) is 0 Å². The number of benzene rings is 1. The zero-order valence-electron chi connectivity index (χ0n) is 9.65. The van der Waals surface area contributed by atoms with Gasteiger partial charge in [-0.3, -0.25) is 4.79 Å². The summed E-state index contributed by atoms with van der Waals surface area (Å²) in [6.07, 6.45) is 3.30. The fraction of sp³-hybridized carbons (Fsp3) is 0.462. The molecule has 0 spiro atoms. The van der Waals surface area contributed by atoms with E-state index < -0.39 is 12.0 Å². The molecule has 0 bridgehead atoms. The van der Waals surface area contributed by atoms with Crippen molar-refractivity contribution in [2.75, 3.05) is 6.54 Å². The van der Waals surface area contributed by atoms with Crippen LogP contribution in [0.3, 0.4) is 0 Å². The maximum atomic E-state index is 11.1. The molecule has 1 rings (SSSR count). The Kier molecular flexibility index (Phi) is 5.57. The smallest absolute Gasteiger partial charge is 0.325 e. The van der Waals surface area contributed by atoms with E-state index in [0.717, 1.165) is 31.4 Å². The maximum Gasteiger partial charge on any atom is 0.325 e. The van der Waals surface area contributed by atoms with Crippen LogP contribution in [0.15, 0.2) is 30.3 Å². The van der Waals surface area contributed by atoms with Crippen LogP contribution in [0.1, 0.15) is 37.8 Å². The molecule has 1 aromatic carbocycles. The van der Waals surface area contributed by atoms with Gasteiger partial charge in [-0.25, -0.2) is 0 Å². The van der Waals surface area contributed by atoms with Gasteiger partial charge in [0, 0.05) is 0 Å². The molecular weight excluding hydrogens is 202 g/mol. The van der Waals surface area contributed by atoms with Crippen molar-refractivity contribution in [3.05, 3.63) is 35.9 Å². The molecule has 0 saturated carbocycles. The van der Waals surface area contributed by atoms with E-state index in [4.69, 9.17) is 5.11 Å². The number of rotatable bonds is 7. The highest BCUT2D eigenvalue weighted by molar-refractivity contribution is 5.75. The van der Waals surface area contributed by atoms with Gasteiger partial charge < -0.3 is 10.4 Å². The van der Waals surface area contributed by atoms with E-state index in [2.05, 4.69) is 12.2 Å². The summed E-state index contributed by atoms with van der Waals surface area (Å²) in [7, 11) is 0. The highest BCUT2D eigenvalue weighted by Crippen LogP contribution is 2.12. The highest BCUT2D eigenvalue weighted by atomic mass is 16.4. The van der Waals surface area contributed by atoms with Gasteiger partial charge in [-0.05, 0) is 18.5 Å². The summed E-state index contributed by atoms with van der Waals surface area (Å²) in [5.74, 6) is -0.817. The molecule has 3 nitrogen and oxygen atoms in total. The molecule has 0 aliphatic heterocycles. The third-order valence-electron chi connectivity index (χ3n) is 2.51. The minimum Gasteiger partial charge on any atom is -0.480 e. The monoisotopic (exact) mass is 221 g/mol. The lowest BCUT2D eigenvalue weighted by Gasteiger charge is -2.14. The van der Waals surface area contributed by atoms with Gasteiger partial charge in [0.05, 0.1) is 0 Å². The highest BCUT2D eigenvalue weighted by Gasteiger charge is 2.17. The molecule has 0 aliphatic carbocycles. The van der Waals surface area contributed by atoms with Gasteiger partial charge in [-0.1, -0.05) is 50.1 Å². The van der Waals surface area contributed by atoms with E-state index >= 15 is 0 Å². The second-order valence-corrected chi connectivity index (χ2v) is 3.84. The Morgan fingerprint density at radius 3 is 2.56 bits per heavy atom. The maximum absolute atomic E-state index is 11.1. The summed E-state index contributed by atoms with van der Waals surface area (Å²) in [4.78, 5) is 11.1. The normalized spacial score (nSPS) is 12.3. The minimum atomic E-state index is -0.817. The molecule has 1 atom stereocenters. The van der Waals surface area contributed by atoms with Crippen molar-refractivity contribution in [2.45, 2.75) is 32.2 Å². The molecule has 1 unspecified atom stereocenters. The molecule has 0 amide bonds. The predicted octanol–water partition coefficient (Wildman–Crippen LogP) is 2.59. The van der Waals surface area contributed by atoms with Gasteiger partial charge in [0.2, 0.25) is 0 Å². The van der Waals surface area contributed by atoms with Crippen LogP contribution in [0.4, 0.5) is 0 Å². The third-order valence-corrected chi connectivity index (χ3v) is 2.51. The van der Waals surface area contributed by atoms with Gasteiger partial charge >= 0.3 is 5.97 Å². The lowest BCUT2D eigenvalue weighted by molar-refractivity contribution is -0.139. The van der Waals surface area contributed by atoms with Crippen LogP contribution >= 0.6 is 0 Å². The number of carbonyl (C=O) groups is 1. The molecule has 0 radical (unpaired) electrons. The van der Waals surface area contributed by atoms with Crippen LogP contribution in [0.2, 0.25) is 0 Å². The summed E-state index contributed by atoms with van der Waals surface area (Å²) in [6.45, 7) is 2.88. The Morgan fingerprint density at radius 1 is 1.31 bits per heavy atom. The second kappa shape index (κ2) is 7.01. The minimum absolute atomic E-state index is 0.585. The van der Waals surface area contributed by atoms with Crippen molar-refractivity contribution < 1.29 is 9.90 Å². The van der Waals surface area contributed by atoms with Gasteiger partial charge in [0.1, 0.15) is 6.04 Å². The summed E-state index contributed by atoms with van der Waals surface area (Å²) in [6, 6.07) is 8.70. The van der Waals surface area contributed by atoms with E-state index in [1.807, 2.05) is 30.3 Å². The van der Waals surface area contributed by atoms with Crippen molar-refractivity contribution in [1.29, 1.82) is 0 Å². The van der Waals surface area contributed by atoms with Crippen LogP contribution in [0, 0.1) is 0 Å². The number of unbranched alkanes of at least 4 members (excludes halogenated alkanes) is 2. The summed E-state index contributed by atoms with van der Waals surface area (Å²) in [5.41, 5.74) is 0.812. The first-order valence-electron chi connectivity index (χ1n) is 5.77. The molecule has 2 N–H and O–H groups in total. The van der Waals surface area contributed by atoms with Crippen LogP contribution < -0.4 is 5.32 Å². The standard InChI is InChI=1S/C13H19NO2/c1-2-3-7-10-14-12(13(15)16)11-8-5-4-6-9-11/h4-6,8-9,12,14H,2-3,7,10H2,1H3,(H,15,16). The van der Waals surface area contributed by atoms with Crippen LogP contribution in [0.5, 0.6) is 0 Å².